The number of hydrogen-bond donors (Lipinski definition) is 0. The van der Waals surface area contributed by atoms with E-state index in [-0.39, 0.29) is 0 Å². The summed E-state index contributed by atoms with van der Waals surface area (Å²) in [5.74, 6) is 0. The first-order valence-corrected chi connectivity index (χ1v) is 8.10. The third kappa shape index (κ3) is 3.71. The molecule has 2 aliphatic rings. The van der Waals surface area contributed by atoms with Crippen LogP contribution in [0.15, 0.2) is 36.4 Å². The molecule has 2 heteroatoms. The van der Waals surface area contributed by atoms with Crippen molar-refractivity contribution >= 4 is 6.08 Å². The molecule has 20 heavy (non-hydrogen) atoms. The summed E-state index contributed by atoms with van der Waals surface area (Å²) >= 11 is 0. The van der Waals surface area contributed by atoms with Crippen LogP contribution in [-0.4, -0.2) is 48.6 Å². The van der Waals surface area contributed by atoms with E-state index in [1.165, 1.54) is 57.4 Å². The van der Waals surface area contributed by atoms with Crippen molar-refractivity contribution in [3.8, 4) is 0 Å². The van der Waals surface area contributed by atoms with Crippen LogP contribution < -0.4 is 0 Å². The van der Waals surface area contributed by atoms with E-state index in [1.54, 1.807) is 0 Å². The second kappa shape index (κ2) is 7.05. The number of benzene rings is 1. The molecule has 1 atom stereocenters. The summed E-state index contributed by atoms with van der Waals surface area (Å²) in [6, 6.07) is 11.4. The van der Waals surface area contributed by atoms with Gasteiger partial charge in [-0.15, -0.1) is 0 Å². The van der Waals surface area contributed by atoms with Crippen molar-refractivity contribution in [2.24, 2.45) is 0 Å². The highest BCUT2D eigenvalue weighted by Gasteiger charge is 2.26. The van der Waals surface area contributed by atoms with Crippen molar-refractivity contribution in [3.05, 3.63) is 42.0 Å². The smallest absolute Gasteiger partial charge is 0.0223 e. The fourth-order valence-corrected chi connectivity index (χ4v) is 3.50. The molecule has 2 nitrogen and oxygen atoms in total. The molecule has 0 aliphatic carbocycles. The summed E-state index contributed by atoms with van der Waals surface area (Å²) in [6.45, 7) is 6.29. The van der Waals surface area contributed by atoms with Gasteiger partial charge in [-0.1, -0.05) is 42.5 Å². The van der Waals surface area contributed by atoms with Crippen LogP contribution in [0.4, 0.5) is 0 Å². The molecule has 0 radical (unpaired) electrons. The van der Waals surface area contributed by atoms with Gasteiger partial charge in [0.25, 0.3) is 0 Å². The zero-order valence-electron chi connectivity index (χ0n) is 12.4. The van der Waals surface area contributed by atoms with Gasteiger partial charge in [0.05, 0.1) is 0 Å². The van der Waals surface area contributed by atoms with E-state index in [9.17, 15) is 0 Å². The van der Waals surface area contributed by atoms with Gasteiger partial charge in [0.15, 0.2) is 0 Å². The summed E-state index contributed by atoms with van der Waals surface area (Å²) < 4.78 is 0. The molecule has 2 saturated heterocycles. The zero-order chi connectivity index (χ0) is 13.6. The highest BCUT2D eigenvalue weighted by Crippen LogP contribution is 2.20. The molecule has 0 bridgehead atoms. The van der Waals surface area contributed by atoms with Gasteiger partial charge in [-0.3, -0.25) is 9.80 Å². The lowest BCUT2D eigenvalue weighted by Gasteiger charge is -2.37. The largest absolute Gasteiger partial charge is 0.299 e. The van der Waals surface area contributed by atoms with Crippen LogP contribution in [0, 0.1) is 0 Å². The molecule has 0 saturated carbocycles. The van der Waals surface area contributed by atoms with E-state index in [4.69, 9.17) is 0 Å². The Morgan fingerprint density at radius 2 is 1.80 bits per heavy atom. The van der Waals surface area contributed by atoms with Gasteiger partial charge >= 0.3 is 0 Å². The Balaban J connectivity index is 1.49. The van der Waals surface area contributed by atoms with E-state index >= 15 is 0 Å². The number of likely N-dealkylation sites (tertiary alicyclic amines) is 2. The van der Waals surface area contributed by atoms with Gasteiger partial charge in [0.1, 0.15) is 0 Å². The SMILES string of the molecule is C(=Cc1ccccc1)CN1CCCC(N2CCCC2)C1. The van der Waals surface area contributed by atoms with Gasteiger partial charge in [0, 0.05) is 19.1 Å². The second-order valence-corrected chi connectivity index (χ2v) is 6.11. The molecule has 2 heterocycles. The molecular weight excluding hydrogens is 244 g/mol. The van der Waals surface area contributed by atoms with Crippen molar-refractivity contribution < 1.29 is 0 Å². The van der Waals surface area contributed by atoms with Crippen LogP contribution in [0.5, 0.6) is 0 Å². The molecule has 1 aromatic rings. The lowest BCUT2D eigenvalue weighted by atomic mass is 10.0. The van der Waals surface area contributed by atoms with Crippen molar-refractivity contribution in [3.63, 3.8) is 0 Å². The minimum atomic E-state index is 0.816. The van der Waals surface area contributed by atoms with Crippen molar-refractivity contribution in [1.29, 1.82) is 0 Å². The predicted molar refractivity (Wildman–Crippen MR) is 85.7 cm³/mol. The minimum Gasteiger partial charge on any atom is -0.299 e. The maximum absolute atomic E-state index is 2.72. The van der Waals surface area contributed by atoms with Gasteiger partial charge in [0.2, 0.25) is 0 Å². The molecule has 1 aromatic carbocycles. The van der Waals surface area contributed by atoms with E-state index in [1.807, 2.05) is 0 Å². The fraction of sp³-hybridized carbons (Fsp3) is 0.556. The Morgan fingerprint density at radius 1 is 1.00 bits per heavy atom. The quantitative estimate of drug-likeness (QED) is 0.828. The monoisotopic (exact) mass is 270 g/mol. The molecule has 108 valence electrons. The van der Waals surface area contributed by atoms with Gasteiger partial charge in [-0.2, -0.15) is 0 Å². The first kappa shape index (κ1) is 13.8. The summed E-state index contributed by atoms with van der Waals surface area (Å²) in [5.41, 5.74) is 1.31. The average Bonchev–Trinajstić information content (AvgIpc) is 3.03. The van der Waals surface area contributed by atoms with Gasteiger partial charge in [-0.05, 0) is 50.9 Å². The lowest BCUT2D eigenvalue weighted by Crippen LogP contribution is -2.46. The maximum atomic E-state index is 2.72. The third-order valence-electron chi connectivity index (χ3n) is 4.61. The van der Waals surface area contributed by atoms with Crippen LogP contribution in [0.1, 0.15) is 31.2 Å². The van der Waals surface area contributed by atoms with Gasteiger partial charge in [-0.25, -0.2) is 0 Å². The minimum absolute atomic E-state index is 0.816. The van der Waals surface area contributed by atoms with E-state index in [2.05, 4.69) is 52.3 Å². The highest BCUT2D eigenvalue weighted by atomic mass is 15.2. The van der Waals surface area contributed by atoms with E-state index in [0.717, 1.165) is 12.6 Å². The first-order chi connectivity index (χ1) is 9.92. The highest BCUT2D eigenvalue weighted by molar-refractivity contribution is 5.48. The molecule has 1 unspecified atom stereocenters. The number of rotatable bonds is 4. The number of nitrogens with zero attached hydrogens (tertiary/aromatic N) is 2. The van der Waals surface area contributed by atoms with Gasteiger partial charge < -0.3 is 0 Å². The average molecular weight is 270 g/mol. The number of piperidine rings is 1. The lowest BCUT2D eigenvalue weighted by molar-refractivity contribution is 0.124. The molecule has 2 aliphatic heterocycles. The van der Waals surface area contributed by atoms with E-state index < -0.39 is 0 Å². The molecule has 0 N–H and O–H groups in total. The summed E-state index contributed by atoms with van der Waals surface area (Å²) in [7, 11) is 0. The van der Waals surface area contributed by atoms with Crippen LogP contribution in [0.25, 0.3) is 6.08 Å². The van der Waals surface area contributed by atoms with E-state index in [0.29, 0.717) is 0 Å². The van der Waals surface area contributed by atoms with Crippen molar-refractivity contribution in [1.82, 2.24) is 9.80 Å². The fourth-order valence-electron chi connectivity index (χ4n) is 3.50. The van der Waals surface area contributed by atoms with Crippen molar-refractivity contribution in [2.75, 3.05) is 32.7 Å². The summed E-state index contributed by atoms with van der Waals surface area (Å²) in [5, 5.41) is 0. The zero-order valence-corrected chi connectivity index (χ0v) is 12.4. The Bertz CT molecular complexity index is 420. The van der Waals surface area contributed by atoms with Crippen molar-refractivity contribution in [2.45, 2.75) is 31.7 Å². The van der Waals surface area contributed by atoms with Crippen LogP contribution in [0.3, 0.4) is 0 Å². The normalized spacial score (nSPS) is 25.5. The molecule has 0 spiro atoms. The third-order valence-corrected chi connectivity index (χ3v) is 4.61. The Labute approximate surface area is 123 Å². The Morgan fingerprint density at radius 3 is 2.60 bits per heavy atom. The summed E-state index contributed by atoms with van der Waals surface area (Å²) in [4.78, 5) is 5.33. The summed E-state index contributed by atoms with van der Waals surface area (Å²) in [6.07, 6.45) is 10.1. The van der Waals surface area contributed by atoms with Crippen LogP contribution in [-0.2, 0) is 0 Å². The molecule has 2 fully saturated rings. The number of hydrogen-bond acceptors (Lipinski definition) is 2. The molecule has 0 aromatic heterocycles. The predicted octanol–water partition coefficient (Wildman–Crippen LogP) is 3.26. The maximum Gasteiger partial charge on any atom is 0.0223 e. The Hall–Kier alpha value is -1.12. The van der Waals surface area contributed by atoms with Crippen LogP contribution >= 0.6 is 0 Å². The van der Waals surface area contributed by atoms with Crippen LogP contribution in [0.2, 0.25) is 0 Å². The first-order valence-electron chi connectivity index (χ1n) is 8.10. The second-order valence-electron chi connectivity index (χ2n) is 6.11. The molecule has 0 amide bonds. The standard InChI is InChI=1S/C18H26N2/c1-2-8-17(9-3-1)10-6-12-19-13-7-11-18(16-19)20-14-4-5-15-20/h1-3,6,8-10,18H,4-5,7,11-16H2. The molecule has 3 rings (SSSR count). The topological polar surface area (TPSA) is 6.48 Å². The molecular formula is C18H26N2. The Kier molecular flexibility index (Phi) is 4.88.